The van der Waals surface area contributed by atoms with Crippen molar-refractivity contribution in [3.63, 3.8) is 0 Å². The van der Waals surface area contributed by atoms with Gasteiger partial charge in [-0.05, 0) is 30.9 Å². The van der Waals surface area contributed by atoms with Gasteiger partial charge in [-0.2, -0.15) is 0 Å². The van der Waals surface area contributed by atoms with Crippen LogP contribution in [0.25, 0.3) is 0 Å². The highest BCUT2D eigenvalue weighted by Gasteiger charge is 2.16. The van der Waals surface area contributed by atoms with Crippen LogP contribution in [0.5, 0.6) is 0 Å². The normalized spacial score (nSPS) is 18.4. The van der Waals surface area contributed by atoms with Crippen molar-refractivity contribution in [2.24, 2.45) is 5.92 Å². The topological polar surface area (TPSA) is 22.1 Å². The quantitative estimate of drug-likeness (QED) is 0.720. The van der Waals surface area contributed by atoms with Crippen molar-refractivity contribution in [2.45, 2.75) is 12.8 Å². The van der Waals surface area contributed by atoms with E-state index >= 15 is 0 Å². The van der Waals surface area contributed by atoms with E-state index in [4.69, 9.17) is 4.74 Å². The maximum atomic E-state index is 13.2. The van der Waals surface area contributed by atoms with Crippen molar-refractivity contribution < 1.29 is 9.13 Å². The van der Waals surface area contributed by atoms with E-state index in [-0.39, 0.29) is 5.82 Å². The van der Waals surface area contributed by atoms with Gasteiger partial charge in [-0.1, -0.05) is 0 Å². The summed E-state index contributed by atoms with van der Waals surface area (Å²) in [6.45, 7) is 1.55. The second-order valence-corrected chi connectivity index (χ2v) is 3.49. The van der Waals surface area contributed by atoms with E-state index in [1.165, 1.54) is 6.07 Å². The molecule has 0 spiro atoms. The molecule has 1 aliphatic rings. The molecule has 75 valence electrons. The van der Waals surface area contributed by atoms with Gasteiger partial charge < -0.3 is 4.74 Å². The molecule has 1 aliphatic heterocycles. The first-order valence-corrected chi connectivity index (χ1v) is 4.89. The Balaban J connectivity index is 1.99. The van der Waals surface area contributed by atoms with Crippen LogP contribution >= 0.6 is 0 Å². The van der Waals surface area contributed by atoms with Crippen LogP contribution < -0.4 is 0 Å². The van der Waals surface area contributed by atoms with Crippen molar-refractivity contribution in [3.05, 3.63) is 36.3 Å². The second kappa shape index (κ2) is 4.51. The van der Waals surface area contributed by atoms with E-state index in [1.54, 1.807) is 12.3 Å². The largest absolute Gasteiger partial charge is 0.381 e. The van der Waals surface area contributed by atoms with Gasteiger partial charge in [-0.3, -0.25) is 4.98 Å². The van der Waals surface area contributed by atoms with Crippen molar-refractivity contribution in [1.82, 2.24) is 4.98 Å². The molecule has 1 aromatic heterocycles. The van der Waals surface area contributed by atoms with E-state index in [1.807, 2.05) is 6.42 Å². The number of rotatable bonds is 2. The molecule has 1 saturated heterocycles. The predicted molar refractivity (Wildman–Crippen MR) is 51.1 cm³/mol. The molecule has 0 amide bonds. The molecule has 3 heteroatoms. The molecule has 0 N–H and O–H groups in total. The first kappa shape index (κ1) is 9.59. The third-order valence-electron chi connectivity index (χ3n) is 2.45. The highest BCUT2D eigenvalue weighted by atomic mass is 19.1. The lowest BCUT2D eigenvalue weighted by Gasteiger charge is -2.21. The molecule has 2 heterocycles. The van der Waals surface area contributed by atoms with E-state index in [0.29, 0.717) is 11.6 Å². The number of hydrogen-bond donors (Lipinski definition) is 0. The standard InChI is InChI=1S/C11H13FNO/c12-10-2-1-5-13-11(10)8-9-3-6-14-7-4-9/h1-2,5,8-9H,3-4,6-7H2. The fourth-order valence-corrected chi connectivity index (χ4v) is 1.63. The van der Waals surface area contributed by atoms with Gasteiger partial charge in [0.1, 0.15) is 5.82 Å². The van der Waals surface area contributed by atoms with Crippen LogP contribution in [0.4, 0.5) is 4.39 Å². The van der Waals surface area contributed by atoms with Crippen molar-refractivity contribution in [2.75, 3.05) is 13.2 Å². The van der Waals surface area contributed by atoms with Crippen LogP contribution in [-0.2, 0) is 4.74 Å². The Kier molecular flexibility index (Phi) is 3.09. The molecule has 0 bridgehead atoms. The minimum atomic E-state index is -0.237. The zero-order chi connectivity index (χ0) is 9.80. The summed E-state index contributed by atoms with van der Waals surface area (Å²) in [4.78, 5) is 4.00. The van der Waals surface area contributed by atoms with Gasteiger partial charge in [0.15, 0.2) is 0 Å². The molecule has 14 heavy (non-hydrogen) atoms. The highest BCUT2D eigenvalue weighted by molar-refractivity contribution is 5.16. The van der Waals surface area contributed by atoms with Gasteiger partial charge >= 0.3 is 0 Å². The third-order valence-corrected chi connectivity index (χ3v) is 2.45. The maximum Gasteiger partial charge on any atom is 0.145 e. The Labute approximate surface area is 83.1 Å². The molecule has 2 nitrogen and oxygen atoms in total. The minimum Gasteiger partial charge on any atom is -0.381 e. The molecule has 0 aromatic carbocycles. The fraction of sp³-hybridized carbons (Fsp3) is 0.455. The summed E-state index contributed by atoms with van der Waals surface area (Å²) in [5.74, 6) is 0.173. The van der Waals surface area contributed by atoms with Crippen LogP contribution in [0.2, 0.25) is 0 Å². The van der Waals surface area contributed by atoms with Crippen molar-refractivity contribution >= 4 is 0 Å². The third kappa shape index (κ3) is 2.29. The number of halogens is 1. The van der Waals surface area contributed by atoms with E-state index < -0.39 is 0 Å². The average Bonchev–Trinajstić information content (AvgIpc) is 2.23. The van der Waals surface area contributed by atoms with Crippen LogP contribution in [0, 0.1) is 18.2 Å². The number of pyridine rings is 1. The lowest BCUT2D eigenvalue weighted by molar-refractivity contribution is 0.0753. The number of aromatic nitrogens is 1. The van der Waals surface area contributed by atoms with Gasteiger partial charge in [0.2, 0.25) is 0 Å². The molecule has 0 aliphatic carbocycles. The predicted octanol–water partition coefficient (Wildman–Crippen LogP) is 2.20. The Morgan fingerprint density at radius 3 is 2.93 bits per heavy atom. The average molecular weight is 194 g/mol. The van der Waals surface area contributed by atoms with Crippen LogP contribution in [-0.4, -0.2) is 18.2 Å². The summed E-state index contributed by atoms with van der Waals surface area (Å²) >= 11 is 0. The SMILES string of the molecule is Fc1cccnc1[CH]C1CCOCC1. The lowest BCUT2D eigenvalue weighted by atomic mass is 9.94. The van der Waals surface area contributed by atoms with Crippen molar-refractivity contribution in [1.29, 1.82) is 0 Å². The lowest BCUT2D eigenvalue weighted by Crippen LogP contribution is -2.17. The van der Waals surface area contributed by atoms with E-state index in [9.17, 15) is 4.39 Å². The second-order valence-electron chi connectivity index (χ2n) is 3.49. The first-order valence-electron chi connectivity index (χ1n) is 4.89. The monoisotopic (exact) mass is 194 g/mol. The van der Waals surface area contributed by atoms with E-state index in [0.717, 1.165) is 26.1 Å². The molecule has 0 saturated carbocycles. The van der Waals surface area contributed by atoms with Crippen LogP contribution in [0.15, 0.2) is 18.3 Å². The summed E-state index contributed by atoms with van der Waals surface area (Å²) in [6, 6.07) is 3.05. The van der Waals surface area contributed by atoms with Gasteiger partial charge in [-0.15, -0.1) is 0 Å². The van der Waals surface area contributed by atoms with Gasteiger partial charge in [0.25, 0.3) is 0 Å². The van der Waals surface area contributed by atoms with Crippen molar-refractivity contribution in [3.8, 4) is 0 Å². The number of nitrogens with zero attached hydrogens (tertiary/aromatic N) is 1. The van der Waals surface area contributed by atoms with E-state index in [2.05, 4.69) is 4.98 Å². The summed E-state index contributed by atoms with van der Waals surface area (Å²) in [6.07, 6.45) is 5.47. The number of hydrogen-bond acceptors (Lipinski definition) is 2. The zero-order valence-electron chi connectivity index (χ0n) is 7.95. The maximum absolute atomic E-state index is 13.2. The molecule has 1 radical (unpaired) electrons. The zero-order valence-corrected chi connectivity index (χ0v) is 7.95. The Morgan fingerprint density at radius 1 is 1.43 bits per heavy atom. The van der Waals surface area contributed by atoms with Gasteiger partial charge in [-0.25, -0.2) is 4.39 Å². The van der Waals surface area contributed by atoms with Crippen LogP contribution in [0.3, 0.4) is 0 Å². The molecule has 1 fully saturated rings. The molecular formula is C11H13FNO. The molecule has 0 atom stereocenters. The summed E-state index contributed by atoms with van der Waals surface area (Å²) in [7, 11) is 0. The minimum absolute atomic E-state index is 0.237. The Morgan fingerprint density at radius 2 is 2.21 bits per heavy atom. The van der Waals surface area contributed by atoms with Gasteiger partial charge in [0, 0.05) is 25.8 Å². The summed E-state index contributed by atoms with van der Waals surface area (Å²) in [5.41, 5.74) is 0.472. The molecule has 1 aromatic rings. The first-order chi connectivity index (χ1) is 6.86. The molecule has 0 unspecified atom stereocenters. The Hall–Kier alpha value is -0.960. The smallest absolute Gasteiger partial charge is 0.145 e. The number of ether oxygens (including phenoxy) is 1. The fourth-order valence-electron chi connectivity index (χ4n) is 1.63. The van der Waals surface area contributed by atoms with Crippen LogP contribution in [0.1, 0.15) is 18.5 Å². The molecular weight excluding hydrogens is 181 g/mol. The summed E-state index contributed by atoms with van der Waals surface area (Å²) in [5, 5.41) is 0. The molecule has 2 rings (SSSR count). The van der Waals surface area contributed by atoms with Gasteiger partial charge in [0.05, 0.1) is 5.69 Å². The highest BCUT2D eigenvalue weighted by Crippen LogP contribution is 2.21. The Bertz CT molecular complexity index is 297. The summed E-state index contributed by atoms with van der Waals surface area (Å²) < 4.78 is 18.5.